The topological polar surface area (TPSA) is 135 Å². The van der Waals surface area contributed by atoms with E-state index >= 15 is 0 Å². The lowest BCUT2D eigenvalue weighted by molar-refractivity contribution is -0.406. The van der Waals surface area contributed by atoms with Gasteiger partial charge in [-0.15, -0.1) is 0 Å². The van der Waals surface area contributed by atoms with Crippen LogP contribution in [-0.4, -0.2) is 55.1 Å². The molecule has 0 aliphatic heterocycles. The predicted molar refractivity (Wildman–Crippen MR) is 123 cm³/mol. The van der Waals surface area contributed by atoms with Gasteiger partial charge in [0.2, 0.25) is 5.91 Å². The van der Waals surface area contributed by atoms with E-state index in [0.29, 0.717) is 25.2 Å². The maximum absolute atomic E-state index is 12.5. The number of hydrogen-bond acceptors (Lipinski definition) is 4. The van der Waals surface area contributed by atoms with Gasteiger partial charge in [0.25, 0.3) is 5.91 Å². The monoisotopic (exact) mass is 433 g/mol. The van der Waals surface area contributed by atoms with Crippen LogP contribution >= 0.6 is 0 Å². The van der Waals surface area contributed by atoms with Gasteiger partial charge in [0.05, 0.1) is 0 Å². The van der Waals surface area contributed by atoms with Crippen molar-refractivity contribution >= 4 is 17.8 Å². The molecule has 180 valence electrons. The molecule has 8 heteroatoms. The molecule has 0 heterocycles. The number of nitrogens with one attached hydrogen (secondary N) is 3. The standard InChI is InChI=1S/C18H35N3O4.C2H7N.C2H6/c1-10(2)7-13(19)16(22)20-14(8-11(3)4)17(23)21-15(18(24)25)9-12(5)6;1-3-2;1-2/h10-15H,7-9,19H2,1-6H3,(H,20,22)(H,21,23)(H,24,25);3H,1-2H3;1-2H3/p+1. The summed E-state index contributed by atoms with van der Waals surface area (Å²) in [6.07, 6.45) is 1.42. The Hall–Kier alpha value is -1.67. The van der Waals surface area contributed by atoms with Gasteiger partial charge in [-0.25, -0.2) is 4.79 Å². The van der Waals surface area contributed by atoms with E-state index in [-0.39, 0.29) is 17.7 Å². The molecule has 2 amide bonds. The van der Waals surface area contributed by atoms with E-state index in [1.54, 1.807) is 0 Å². The zero-order chi connectivity index (χ0) is 24.4. The molecular formula is C22H49N4O4+. The second kappa shape index (κ2) is 19.3. The first-order chi connectivity index (χ1) is 13.8. The molecule has 0 aliphatic rings. The highest BCUT2D eigenvalue weighted by Crippen LogP contribution is 2.09. The minimum Gasteiger partial charge on any atom is -0.480 e. The van der Waals surface area contributed by atoms with Crippen LogP contribution in [0.1, 0.15) is 74.7 Å². The molecule has 3 unspecified atom stereocenters. The van der Waals surface area contributed by atoms with E-state index in [4.69, 9.17) is 0 Å². The Labute approximate surface area is 184 Å². The third-order valence-corrected chi connectivity index (χ3v) is 3.79. The fourth-order valence-corrected chi connectivity index (χ4v) is 2.63. The lowest BCUT2D eigenvalue weighted by Gasteiger charge is -2.24. The summed E-state index contributed by atoms with van der Waals surface area (Å²) >= 11 is 0. The average Bonchev–Trinajstić information content (AvgIpc) is 2.61. The van der Waals surface area contributed by atoms with Crippen molar-refractivity contribution in [2.45, 2.75) is 92.8 Å². The highest BCUT2D eigenvalue weighted by Gasteiger charge is 2.29. The zero-order valence-electron chi connectivity index (χ0n) is 21.0. The van der Waals surface area contributed by atoms with E-state index < -0.39 is 30.0 Å². The van der Waals surface area contributed by atoms with Crippen LogP contribution in [0.3, 0.4) is 0 Å². The first-order valence-electron chi connectivity index (χ1n) is 11.1. The highest BCUT2D eigenvalue weighted by molar-refractivity contribution is 5.91. The van der Waals surface area contributed by atoms with Crippen LogP contribution in [0.2, 0.25) is 0 Å². The third kappa shape index (κ3) is 18.4. The van der Waals surface area contributed by atoms with Gasteiger partial charge in [0, 0.05) is 6.42 Å². The second-order valence-electron chi connectivity index (χ2n) is 8.55. The molecule has 0 spiro atoms. The van der Waals surface area contributed by atoms with E-state index in [9.17, 15) is 19.5 Å². The number of aliphatic carboxylic acids is 1. The summed E-state index contributed by atoms with van der Waals surface area (Å²) in [6.45, 7) is 15.7. The van der Waals surface area contributed by atoms with Crippen LogP contribution in [0, 0.1) is 17.8 Å². The van der Waals surface area contributed by atoms with Crippen molar-refractivity contribution in [3.63, 3.8) is 0 Å². The van der Waals surface area contributed by atoms with Crippen molar-refractivity contribution in [1.29, 1.82) is 0 Å². The predicted octanol–water partition coefficient (Wildman–Crippen LogP) is 1.65. The van der Waals surface area contributed by atoms with E-state index in [0.717, 1.165) is 0 Å². The number of carboxylic acid groups (broad SMARTS) is 1. The van der Waals surface area contributed by atoms with E-state index in [1.807, 2.05) is 69.5 Å². The number of carboxylic acids is 1. The molecule has 0 aliphatic carbocycles. The highest BCUT2D eigenvalue weighted by atomic mass is 16.4. The van der Waals surface area contributed by atoms with Crippen molar-refractivity contribution in [2.75, 3.05) is 14.1 Å². The number of quaternary nitrogens is 1. The summed E-state index contributed by atoms with van der Waals surface area (Å²) in [5.74, 6) is -1.15. The van der Waals surface area contributed by atoms with Crippen molar-refractivity contribution in [3.8, 4) is 0 Å². The van der Waals surface area contributed by atoms with Gasteiger partial charge < -0.3 is 26.8 Å². The summed E-state index contributed by atoms with van der Waals surface area (Å²) in [5, 5.41) is 17.4. The minimum absolute atomic E-state index is 0.134. The lowest BCUT2D eigenvalue weighted by atomic mass is 9.99. The SMILES string of the molecule is CC.CC(C)CC([NH3+])C(=O)NC(CC(C)C)C(=O)NC(CC(C)C)C(=O)O.CNC. The number of carbonyl (C=O) groups excluding carboxylic acids is 2. The molecule has 30 heavy (non-hydrogen) atoms. The Balaban J connectivity index is -0.00000133. The van der Waals surface area contributed by atoms with E-state index in [2.05, 4.69) is 21.7 Å². The maximum atomic E-state index is 12.5. The lowest BCUT2D eigenvalue weighted by Crippen LogP contribution is -2.69. The maximum Gasteiger partial charge on any atom is 0.326 e. The van der Waals surface area contributed by atoms with Gasteiger partial charge in [0.1, 0.15) is 12.1 Å². The summed E-state index contributed by atoms with van der Waals surface area (Å²) in [5.41, 5.74) is 3.86. The summed E-state index contributed by atoms with van der Waals surface area (Å²) in [6, 6.07) is -2.14. The average molecular weight is 434 g/mol. The smallest absolute Gasteiger partial charge is 0.326 e. The second-order valence-corrected chi connectivity index (χ2v) is 8.55. The molecule has 0 aromatic rings. The fraction of sp³-hybridized carbons (Fsp3) is 0.864. The molecule has 3 atom stereocenters. The van der Waals surface area contributed by atoms with Crippen LogP contribution in [0.15, 0.2) is 0 Å². The Kier molecular flexibility index (Phi) is 21.2. The molecule has 0 radical (unpaired) electrons. The van der Waals surface area contributed by atoms with E-state index in [1.165, 1.54) is 0 Å². The van der Waals surface area contributed by atoms with Crippen LogP contribution in [0.4, 0.5) is 0 Å². The molecule has 0 saturated heterocycles. The van der Waals surface area contributed by atoms with Crippen LogP contribution in [0.5, 0.6) is 0 Å². The van der Waals surface area contributed by atoms with Crippen LogP contribution < -0.4 is 21.7 Å². The Morgan fingerprint density at radius 3 is 1.40 bits per heavy atom. The quantitative estimate of drug-likeness (QED) is 0.338. The van der Waals surface area contributed by atoms with Gasteiger partial charge in [-0.05, 0) is 44.7 Å². The van der Waals surface area contributed by atoms with Gasteiger partial charge in [-0.3, -0.25) is 9.59 Å². The van der Waals surface area contributed by atoms with Gasteiger partial charge >= 0.3 is 5.97 Å². The molecule has 0 bridgehead atoms. The summed E-state index contributed by atoms with van der Waals surface area (Å²) in [7, 11) is 3.75. The van der Waals surface area contributed by atoms with Crippen molar-refractivity contribution < 1.29 is 25.2 Å². The number of amides is 2. The van der Waals surface area contributed by atoms with Gasteiger partial charge in [-0.1, -0.05) is 55.4 Å². The summed E-state index contributed by atoms with van der Waals surface area (Å²) in [4.78, 5) is 36.2. The van der Waals surface area contributed by atoms with Crippen LogP contribution in [-0.2, 0) is 14.4 Å². The van der Waals surface area contributed by atoms with Gasteiger partial charge in [0.15, 0.2) is 6.04 Å². The Morgan fingerprint density at radius 2 is 1.07 bits per heavy atom. The molecule has 0 aromatic carbocycles. The molecule has 8 nitrogen and oxygen atoms in total. The van der Waals surface area contributed by atoms with Crippen LogP contribution in [0.25, 0.3) is 0 Å². The van der Waals surface area contributed by atoms with Gasteiger partial charge in [-0.2, -0.15) is 0 Å². The molecule has 0 saturated carbocycles. The Bertz CT molecular complexity index is 468. The third-order valence-electron chi connectivity index (χ3n) is 3.79. The number of carbonyl (C=O) groups is 3. The first kappa shape index (κ1) is 33.0. The zero-order valence-corrected chi connectivity index (χ0v) is 21.0. The molecule has 7 N–H and O–H groups in total. The summed E-state index contributed by atoms with van der Waals surface area (Å²) < 4.78 is 0. The van der Waals surface area contributed by atoms with Crippen molar-refractivity contribution in [1.82, 2.24) is 16.0 Å². The van der Waals surface area contributed by atoms with Crippen molar-refractivity contribution in [3.05, 3.63) is 0 Å². The first-order valence-corrected chi connectivity index (χ1v) is 11.1. The largest absolute Gasteiger partial charge is 0.480 e. The minimum atomic E-state index is -1.06. The van der Waals surface area contributed by atoms with Crippen molar-refractivity contribution in [2.24, 2.45) is 17.8 Å². The molecule has 0 fully saturated rings. The Morgan fingerprint density at radius 1 is 0.733 bits per heavy atom. The molecule has 0 aromatic heterocycles. The molecule has 0 rings (SSSR count). The fourth-order valence-electron chi connectivity index (χ4n) is 2.63. The normalized spacial score (nSPS) is 13.4. The molecular weight excluding hydrogens is 384 g/mol. The number of hydrogen-bond donors (Lipinski definition) is 5. The number of rotatable bonds is 11.